The first-order valence-corrected chi connectivity index (χ1v) is 16.1. The second kappa shape index (κ2) is 11.9. The molecule has 9 heteroatoms. The number of piperazine rings is 1. The first-order chi connectivity index (χ1) is 22.6. The summed E-state index contributed by atoms with van der Waals surface area (Å²) in [6.07, 6.45) is 3.87. The number of ether oxygens (including phenoxy) is 2. The van der Waals surface area contributed by atoms with Gasteiger partial charge in [-0.1, -0.05) is 63.2 Å². The van der Waals surface area contributed by atoms with E-state index in [9.17, 15) is 4.79 Å². The largest absolute Gasteiger partial charge is 0.493 e. The smallest absolute Gasteiger partial charge is 0.255 e. The average molecular weight is 629 g/mol. The van der Waals surface area contributed by atoms with E-state index in [0.29, 0.717) is 60.3 Å². The first-order valence-electron chi connectivity index (χ1n) is 16.1. The number of nitrogen functional groups attached to an aromatic ring is 1. The van der Waals surface area contributed by atoms with Crippen LogP contribution in [0.3, 0.4) is 0 Å². The number of methoxy groups -OCH3 is 2. The molecule has 0 radical (unpaired) electrons. The van der Waals surface area contributed by atoms with E-state index in [-0.39, 0.29) is 11.3 Å². The lowest BCUT2D eigenvalue weighted by molar-refractivity contribution is 0.0747. The van der Waals surface area contributed by atoms with E-state index in [0.717, 1.165) is 46.1 Å². The number of carbonyl (C=O) groups excluding carboxylic acids is 1. The molecule has 2 N–H and O–H groups in total. The fourth-order valence-corrected chi connectivity index (χ4v) is 6.68. The number of rotatable bonds is 5. The molecule has 0 spiro atoms. The van der Waals surface area contributed by atoms with Crippen molar-refractivity contribution in [2.45, 2.75) is 39.0 Å². The predicted octanol–water partition coefficient (Wildman–Crippen LogP) is 6.52. The summed E-state index contributed by atoms with van der Waals surface area (Å²) in [6, 6.07) is 20.4. The van der Waals surface area contributed by atoms with Crippen molar-refractivity contribution in [3.05, 3.63) is 88.6 Å². The average Bonchev–Trinajstić information content (AvgIpc) is 3.47. The van der Waals surface area contributed by atoms with Crippen molar-refractivity contribution in [3.8, 4) is 11.5 Å². The zero-order chi connectivity index (χ0) is 32.9. The highest BCUT2D eigenvalue weighted by atomic mass is 16.5. The Labute approximate surface area is 275 Å². The van der Waals surface area contributed by atoms with Crippen molar-refractivity contribution in [3.63, 3.8) is 0 Å². The van der Waals surface area contributed by atoms with Gasteiger partial charge in [-0.3, -0.25) is 4.79 Å². The number of benzene rings is 3. The normalized spacial score (nSPS) is 15.8. The molecule has 9 nitrogen and oxygen atoms in total. The number of allylic oxidation sites excluding steroid dienone is 1. The van der Waals surface area contributed by atoms with Crippen LogP contribution in [-0.2, 0) is 11.8 Å². The molecule has 5 aromatic rings. The van der Waals surface area contributed by atoms with E-state index in [1.165, 1.54) is 11.1 Å². The van der Waals surface area contributed by atoms with Gasteiger partial charge in [0.1, 0.15) is 5.82 Å². The topological polar surface area (TPSA) is 107 Å². The van der Waals surface area contributed by atoms with Gasteiger partial charge in [0.2, 0.25) is 5.95 Å². The van der Waals surface area contributed by atoms with E-state index in [2.05, 4.69) is 61.0 Å². The minimum absolute atomic E-state index is 0.0473. The zero-order valence-electron chi connectivity index (χ0n) is 27.6. The Bertz CT molecular complexity index is 2040. The van der Waals surface area contributed by atoms with Crippen LogP contribution in [-0.4, -0.2) is 66.2 Å². The van der Waals surface area contributed by atoms with Crippen molar-refractivity contribution in [1.82, 2.24) is 19.9 Å². The Balaban J connectivity index is 1.16. The van der Waals surface area contributed by atoms with Gasteiger partial charge in [-0.2, -0.15) is 4.98 Å². The van der Waals surface area contributed by atoms with E-state index >= 15 is 0 Å². The van der Waals surface area contributed by atoms with Crippen molar-refractivity contribution in [1.29, 1.82) is 0 Å². The second-order valence-corrected chi connectivity index (χ2v) is 13.3. The van der Waals surface area contributed by atoms with Crippen LogP contribution in [0.25, 0.3) is 33.5 Å². The third kappa shape index (κ3) is 5.60. The SMILES string of the molecule is COc1cc2nc(N3CCN(C(=O)c4c5c(nc6ccccc46)/C(=C\c4ccc(C(C)(C)C)cc4)CC5)CC3)nc(N)c2cc1OC. The number of nitrogens with zero attached hydrogens (tertiary/aromatic N) is 5. The molecule has 240 valence electrons. The van der Waals surface area contributed by atoms with Gasteiger partial charge in [-0.15, -0.1) is 0 Å². The number of nitrogens with two attached hydrogens (primary N) is 1. The standard InChI is InChI=1S/C38H40N6O3/c1-38(2,3)25-13-10-23(11-14-25)20-24-12-15-27-33(26-8-6-7-9-29(26)40-34(24)27)36(45)43-16-18-44(19-17-43)37-41-30-22-32(47-5)31(46-4)21-28(30)35(39)42-37/h6-11,13-14,20-22H,12,15-19H2,1-5H3,(H2,39,41,42)/b24-20-. The first kappa shape index (κ1) is 30.5. The molecule has 1 aliphatic heterocycles. The van der Waals surface area contributed by atoms with E-state index in [1.54, 1.807) is 20.3 Å². The van der Waals surface area contributed by atoms with Gasteiger partial charge in [0.05, 0.1) is 36.5 Å². The summed E-state index contributed by atoms with van der Waals surface area (Å²) in [5.41, 5.74) is 14.4. The number of hydrogen-bond donors (Lipinski definition) is 1. The zero-order valence-corrected chi connectivity index (χ0v) is 27.6. The number of hydrogen-bond acceptors (Lipinski definition) is 8. The van der Waals surface area contributed by atoms with Crippen LogP contribution in [0.1, 0.15) is 59.9 Å². The quantitative estimate of drug-likeness (QED) is 0.234. The summed E-state index contributed by atoms with van der Waals surface area (Å²) in [7, 11) is 3.18. The summed E-state index contributed by atoms with van der Waals surface area (Å²) in [5, 5.41) is 1.61. The van der Waals surface area contributed by atoms with Crippen molar-refractivity contribution < 1.29 is 14.3 Å². The number of amides is 1. The maximum absolute atomic E-state index is 14.4. The van der Waals surface area contributed by atoms with Crippen LogP contribution in [0.4, 0.5) is 11.8 Å². The summed E-state index contributed by atoms with van der Waals surface area (Å²) in [6.45, 7) is 8.94. The fourth-order valence-electron chi connectivity index (χ4n) is 6.68. The molecule has 0 bridgehead atoms. The highest BCUT2D eigenvalue weighted by Gasteiger charge is 2.31. The van der Waals surface area contributed by atoms with Crippen LogP contribution in [0.5, 0.6) is 11.5 Å². The molecule has 0 unspecified atom stereocenters. The van der Waals surface area contributed by atoms with Gasteiger partial charge in [-0.25, -0.2) is 9.97 Å². The minimum Gasteiger partial charge on any atom is -0.493 e. The second-order valence-electron chi connectivity index (χ2n) is 13.3. The highest BCUT2D eigenvalue weighted by Crippen LogP contribution is 2.39. The van der Waals surface area contributed by atoms with Crippen LogP contribution in [0, 0.1) is 0 Å². The molecule has 47 heavy (non-hydrogen) atoms. The van der Waals surface area contributed by atoms with Crippen molar-refractivity contribution in [2.75, 3.05) is 51.0 Å². The molecule has 0 saturated carbocycles. The predicted molar refractivity (Wildman–Crippen MR) is 188 cm³/mol. The van der Waals surface area contributed by atoms with Gasteiger partial charge in [0.25, 0.3) is 5.91 Å². The Kier molecular flexibility index (Phi) is 7.70. The molecule has 3 heterocycles. The van der Waals surface area contributed by atoms with Crippen LogP contribution in [0.2, 0.25) is 0 Å². The number of carbonyl (C=O) groups is 1. The summed E-state index contributed by atoms with van der Waals surface area (Å²) in [4.78, 5) is 32.9. The number of pyridine rings is 1. The molecule has 2 aliphatic rings. The number of aromatic nitrogens is 3. The van der Waals surface area contributed by atoms with Crippen LogP contribution >= 0.6 is 0 Å². The molecular formula is C38H40N6O3. The van der Waals surface area contributed by atoms with E-state index < -0.39 is 0 Å². The third-order valence-corrected chi connectivity index (χ3v) is 9.34. The summed E-state index contributed by atoms with van der Waals surface area (Å²) in [5.74, 6) is 2.11. The van der Waals surface area contributed by atoms with Crippen LogP contribution < -0.4 is 20.1 Å². The molecular weight excluding hydrogens is 588 g/mol. The molecule has 1 fully saturated rings. The van der Waals surface area contributed by atoms with Gasteiger partial charge in [-0.05, 0) is 58.7 Å². The Morgan fingerprint density at radius 1 is 0.830 bits per heavy atom. The van der Waals surface area contributed by atoms with Gasteiger partial charge in [0.15, 0.2) is 11.5 Å². The van der Waals surface area contributed by atoms with Gasteiger partial charge in [0, 0.05) is 43.0 Å². The monoisotopic (exact) mass is 628 g/mol. The highest BCUT2D eigenvalue weighted by molar-refractivity contribution is 6.09. The Hall–Kier alpha value is -5.18. The summed E-state index contributed by atoms with van der Waals surface area (Å²) < 4.78 is 10.9. The van der Waals surface area contributed by atoms with E-state index in [1.807, 2.05) is 35.2 Å². The van der Waals surface area contributed by atoms with Crippen molar-refractivity contribution >= 4 is 51.1 Å². The molecule has 0 atom stereocenters. The van der Waals surface area contributed by atoms with Crippen molar-refractivity contribution in [2.24, 2.45) is 0 Å². The number of para-hydroxylation sites is 1. The lowest BCUT2D eigenvalue weighted by Crippen LogP contribution is -2.49. The Morgan fingerprint density at radius 2 is 1.53 bits per heavy atom. The molecule has 2 aromatic heterocycles. The molecule has 1 aliphatic carbocycles. The van der Waals surface area contributed by atoms with Gasteiger partial charge < -0.3 is 25.0 Å². The Morgan fingerprint density at radius 3 is 2.23 bits per heavy atom. The molecule has 7 rings (SSSR count). The lowest BCUT2D eigenvalue weighted by Gasteiger charge is -2.35. The molecule has 1 amide bonds. The minimum atomic E-state index is 0.0473. The van der Waals surface area contributed by atoms with E-state index in [4.69, 9.17) is 25.2 Å². The van der Waals surface area contributed by atoms with Gasteiger partial charge >= 0.3 is 0 Å². The third-order valence-electron chi connectivity index (χ3n) is 9.34. The number of fused-ring (bicyclic) bond motifs is 3. The fraction of sp³-hybridized carbons (Fsp3) is 0.316. The number of anilines is 2. The van der Waals surface area contributed by atoms with Crippen LogP contribution in [0.15, 0.2) is 60.7 Å². The molecule has 1 saturated heterocycles. The summed E-state index contributed by atoms with van der Waals surface area (Å²) >= 11 is 0. The maximum atomic E-state index is 14.4. The maximum Gasteiger partial charge on any atom is 0.255 e. The molecule has 3 aromatic carbocycles. The lowest BCUT2D eigenvalue weighted by atomic mass is 9.86.